The maximum atomic E-state index is 12.5. The van der Waals surface area contributed by atoms with Crippen LogP contribution in [0.5, 0.6) is 0 Å². The third kappa shape index (κ3) is 8.16. The Bertz CT molecular complexity index is 651. The molecule has 0 fully saturated rings. The second-order valence-electron chi connectivity index (χ2n) is 6.40. The average Bonchev–Trinajstić information content (AvgIpc) is 2.67. The SMILES string of the molecule is CCN(CCOC(C)=O)CCOC(=O)c1cc(Br)c(N)c(CN(CC)CC)c1. The molecule has 8 heteroatoms. The summed E-state index contributed by atoms with van der Waals surface area (Å²) in [5, 5.41) is 0. The van der Waals surface area contributed by atoms with Gasteiger partial charge in [-0.15, -0.1) is 0 Å². The molecule has 28 heavy (non-hydrogen) atoms. The molecule has 0 saturated carbocycles. The third-order valence-electron chi connectivity index (χ3n) is 4.54. The van der Waals surface area contributed by atoms with Crippen molar-refractivity contribution < 1.29 is 19.1 Å². The van der Waals surface area contributed by atoms with Crippen LogP contribution in [0.25, 0.3) is 0 Å². The second kappa shape index (κ2) is 12.7. The van der Waals surface area contributed by atoms with E-state index in [0.29, 0.717) is 42.0 Å². The molecule has 0 bridgehead atoms. The van der Waals surface area contributed by atoms with Gasteiger partial charge < -0.3 is 15.2 Å². The molecule has 158 valence electrons. The van der Waals surface area contributed by atoms with Crippen molar-refractivity contribution >= 4 is 33.6 Å². The summed E-state index contributed by atoms with van der Waals surface area (Å²) in [6.45, 7) is 12.6. The number of likely N-dealkylation sites (N-methyl/N-ethyl adjacent to an activating group) is 1. The van der Waals surface area contributed by atoms with Crippen LogP contribution in [0, 0.1) is 0 Å². The summed E-state index contributed by atoms with van der Waals surface area (Å²) >= 11 is 3.44. The summed E-state index contributed by atoms with van der Waals surface area (Å²) in [6.07, 6.45) is 0. The Labute approximate surface area is 176 Å². The summed E-state index contributed by atoms with van der Waals surface area (Å²) in [6, 6.07) is 3.50. The number of nitrogen functional groups attached to an aromatic ring is 1. The summed E-state index contributed by atoms with van der Waals surface area (Å²) in [7, 11) is 0. The number of rotatable bonds is 12. The fourth-order valence-corrected chi connectivity index (χ4v) is 3.21. The lowest BCUT2D eigenvalue weighted by atomic mass is 10.1. The Balaban J connectivity index is 2.66. The number of carbonyl (C=O) groups is 2. The maximum absolute atomic E-state index is 12.5. The van der Waals surface area contributed by atoms with Gasteiger partial charge in [0, 0.05) is 31.0 Å². The molecule has 1 aromatic carbocycles. The highest BCUT2D eigenvalue weighted by Gasteiger charge is 2.15. The van der Waals surface area contributed by atoms with Gasteiger partial charge in [-0.1, -0.05) is 20.8 Å². The van der Waals surface area contributed by atoms with Crippen LogP contribution >= 0.6 is 15.9 Å². The first-order chi connectivity index (χ1) is 13.3. The minimum absolute atomic E-state index is 0.264. The summed E-state index contributed by atoms with van der Waals surface area (Å²) in [5.74, 6) is -0.672. The van der Waals surface area contributed by atoms with Crippen molar-refractivity contribution in [2.24, 2.45) is 0 Å². The lowest BCUT2D eigenvalue weighted by Gasteiger charge is -2.21. The van der Waals surface area contributed by atoms with E-state index in [0.717, 1.165) is 25.2 Å². The summed E-state index contributed by atoms with van der Waals surface area (Å²) in [4.78, 5) is 27.6. The topological polar surface area (TPSA) is 85.1 Å². The minimum Gasteiger partial charge on any atom is -0.465 e. The van der Waals surface area contributed by atoms with Crippen molar-refractivity contribution in [1.29, 1.82) is 0 Å². The number of esters is 2. The van der Waals surface area contributed by atoms with Crippen LogP contribution < -0.4 is 5.73 Å². The van der Waals surface area contributed by atoms with Crippen LogP contribution in [0.4, 0.5) is 5.69 Å². The number of benzene rings is 1. The number of nitrogens with zero attached hydrogens (tertiary/aromatic N) is 2. The Morgan fingerprint density at radius 2 is 1.57 bits per heavy atom. The molecule has 0 heterocycles. The first-order valence-corrected chi connectivity index (χ1v) is 10.4. The van der Waals surface area contributed by atoms with Gasteiger partial charge in [-0.25, -0.2) is 4.79 Å². The van der Waals surface area contributed by atoms with Gasteiger partial charge in [0.05, 0.1) is 11.3 Å². The molecule has 0 amide bonds. The lowest BCUT2D eigenvalue weighted by Crippen LogP contribution is -2.31. The monoisotopic (exact) mass is 457 g/mol. The predicted molar refractivity (Wildman–Crippen MR) is 114 cm³/mol. The predicted octanol–water partition coefficient (Wildman–Crippen LogP) is 2.91. The molecule has 0 aliphatic heterocycles. The fraction of sp³-hybridized carbons (Fsp3) is 0.600. The van der Waals surface area contributed by atoms with Gasteiger partial charge in [0.25, 0.3) is 0 Å². The van der Waals surface area contributed by atoms with E-state index >= 15 is 0 Å². The smallest absolute Gasteiger partial charge is 0.338 e. The first kappa shape index (κ1) is 24.4. The number of hydrogen-bond acceptors (Lipinski definition) is 7. The number of halogens is 1. The first-order valence-electron chi connectivity index (χ1n) is 9.65. The zero-order valence-corrected chi connectivity index (χ0v) is 18.9. The van der Waals surface area contributed by atoms with Crippen LogP contribution in [0.15, 0.2) is 16.6 Å². The lowest BCUT2D eigenvalue weighted by molar-refractivity contribution is -0.141. The molecular formula is C20H32BrN3O4. The standard InChI is InChI=1S/C20H32BrN3O4/c1-5-23(6-2)14-17-12-16(13-18(21)19(17)22)20(26)28-11-9-24(7-3)8-10-27-15(4)25/h12-13H,5-11,14,22H2,1-4H3. The molecule has 0 atom stereocenters. The largest absolute Gasteiger partial charge is 0.465 e. The van der Waals surface area contributed by atoms with E-state index in [1.54, 1.807) is 12.1 Å². The van der Waals surface area contributed by atoms with Crippen molar-refractivity contribution in [1.82, 2.24) is 9.80 Å². The molecule has 0 spiro atoms. The van der Waals surface area contributed by atoms with E-state index < -0.39 is 0 Å². The molecule has 0 aliphatic carbocycles. The second-order valence-corrected chi connectivity index (χ2v) is 7.26. The van der Waals surface area contributed by atoms with Crippen molar-refractivity contribution in [2.45, 2.75) is 34.2 Å². The molecule has 1 rings (SSSR count). The highest BCUT2D eigenvalue weighted by Crippen LogP contribution is 2.27. The molecular weight excluding hydrogens is 426 g/mol. The van der Waals surface area contributed by atoms with Gasteiger partial charge in [-0.3, -0.25) is 14.6 Å². The Morgan fingerprint density at radius 1 is 1.00 bits per heavy atom. The van der Waals surface area contributed by atoms with Gasteiger partial charge in [0.1, 0.15) is 13.2 Å². The summed E-state index contributed by atoms with van der Waals surface area (Å²) in [5.41, 5.74) is 8.19. The highest BCUT2D eigenvalue weighted by molar-refractivity contribution is 9.10. The minimum atomic E-state index is -0.377. The molecule has 0 unspecified atom stereocenters. The normalized spacial score (nSPS) is 11.1. The zero-order chi connectivity index (χ0) is 21.1. The average molecular weight is 458 g/mol. The quantitative estimate of drug-likeness (QED) is 0.381. The van der Waals surface area contributed by atoms with Gasteiger partial charge >= 0.3 is 11.9 Å². The van der Waals surface area contributed by atoms with Crippen molar-refractivity contribution in [3.05, 3.63) is 27.7 Å². The molecule has 0 saturated heterocycles. The Morgan fingerprint density at radius 3 is 2.11 bits per heavy atom. The van der Waals surface area contributed by atoms with Gasteiger partial charge in [0.15, 0.2) is 0 Å². The highest BCUT2D eigenvalue weighted by atomic mass is 79.9. The van der Waals surface area contributed by atoms with Crippen LogP contribution in [-0.2, 0) is 20.8 Å². The van der Waals surface area contributed by atoms with Crippen LogP contribution in [-0.4, -0.2) is 67.7 Å². The van der Waals surface area contributed by atoms with E-state index in [-0.39, 0.29) is 18.5 Å². The molecule has 0 aliphatic rings. The zero-order valence-electron chi connectivity index (χ0n) is 17.3. The third-order valence-corrected chi connectivity index (χ3v) is 5.20. The van der Waals surface area contributed by atoms with Crippen LogP contribution in [0.3, 0.4) is 0 Å². The number of anilines is 1. The van der Waals surface area contributed by atoms with Crippen molar-refractivity contribution in [3.8, 4) is 0 Å². The Hall–Kier alpha value is -1.64. The van der Waals surface area contributed by atoms with E-state index in [1.165, 1.54) is 6.92 Å². The molecule has 0 aromatic heterocycles. The molecule has 0 radical (unpaired) electrons. The number of ether oxygens (including phenoxy) is 2. The van der Waals surface area contributed by atoms with E-state index in [4.69, 9.17) is 15.2 Å². The Kier molecular flexibility index (Phi) is 11.1. The maximum Gasteiger partial charge on any atom is 0.338 e. The van der Waals surface area contributed by atoms with Crippen molar-refractivity contribution in [2.75, 3.05) is 51.7 Å². The number of hydrogen-bond donors (Lipinski definition) is 1. The number of nitrogens with two attached hydrogens (primary N) is 1. The fourth-order valence-electron chi connectivity index (χ4n) is 2.71. The summed E-state index contributed by atoms with van der Waals surface area (Å²) < 4.78 is 11.1. The van der Waals surface area contributed by atoms with Crippen molar-refractivity contribution in [3.63, 3.8) is 0 Å². The van der Waals surface area contributed by atoms with E-state index in [9.17, 15) is 9.59 Å². The van der Waals surface area contributed by atoms with Gasteiger partial charge in [-0.2, -0.15) is 0 Å². The van der Waals surface area contributed by atoms with Gasteiger partial charge in [-0.05, 0) is 53.3 Å². The van der Waals surface area contributed by atoms with Crippen LogP contribution in [0.1, 0.15) is 43.6 Å². The number of carbonyl (C=O) groups excluding carboxylic acids is 2. The molecule has 1 aromatic rings. The van der Waals surface area contributed by atoms with E-state index in [1.807, 2.05) is 6.92 Å². The molecule has 7 nitrogen and oxygen atoms in total. The van der Waals surface area contributed by atoms with E-state index in [2.05, 4.69) is 39.6 Å². The van der Waals surface area contributed by atoms with Crippen LogP contribution in [0.2, 0.25) is 0 Å². The molecule has 2 N–H and O–H groups in total. The van der Waals surface area contributed by atoms with Gasteiger partial charge in [0.2, 0.25) is 0 Å².